The van der Waals surface area contributed by atoms with Gasteiger partial charge in [0.05, 0.1) is 13.1 Å². The minimum absolute atomic E-state index is 0.0768. The van der Waals surface area contributed by atoms with Crippen molar-refractivity contribution in [1.82, 2.24) is 10.2 Å². The van der Waals surface area contributed by atoms with E-state index >= 15 is 0 Å². The molecule has 30 heavy (non-hydrogen) atoms. The second-order valence-corrected chi connectivity index (χ2v) is 9.09. The second-order valence-electron chi connectivity index (χ2n) is 9.09. The largest absolute Gasteiger partial charge is 0.573 e. The number of alkyl halides is 3. The maximum Gasteiger partial charge on any atom is 0.573 e. The summed E-state index contributed by atoms with van der Waals surface area (Å²) in [6.07, 6.45) is -6.39. The smallest absolute Gasteiger partial charge is 0.444 e. The maximum absolute atomic E-state index is 12.9. The van der Waals surface area contributed by atoms with Gasteiger partial charge in [0.15, 0.2) is 0 Å². The third-order valence-electron chi connectivity index (χ3n) is 3.94. The van der Waals surface area contributed by atoms with Crippen LogP contribution in [-0.4, -0.2) is 47.7 Å². The molecule has 0 radical (unpaired) electrons. The summed E-state index contributed by atoms with van der Waals surface area (Å²) in [5.41, 5.74) is -2.82. The molecule has 0 atom stereocenters. The lowest BCUT2D eigenvalue weighted by atomic mass is 9.82. The summed E-state index contributed by atoms with van der Waals surface area (Å²) in [6.45, 7) is 9.85. The Labute approximate surface area is 173 Å². The Morgan fingerprint density at radius 1 is 0.967 bits per heavy atom. The number of halogens is 3. The van der Waals surface area contributed by atoms with Gasteiger partial charge in [-0.2, -0.15) is 0 Å². The number of hydrogen-bond donors (Lipinski definition) is 1. The number of amides is 2. The highest BCUT2D eigenvalue weighted by atomic mass is 19.4. The number of ether oxygens (including phenoxy) is 3. The van der Waals surface area contributed by atoms with Crippen molar-refractivity contribution in [2.45, 2.75) is 64.6 Å². The average Bonchev–Trinajstić information content (AvgIpc) is 2.46. The average molecular weight is 432 g/mol. The van der Waals surface area contributed by atoms with E-state index in [2.05, 4.69) is 10.1 Å². The highest BCUT2D eigenvalue weighted by molar-refractivity contribution is 5.74. The van der Waals surface area contributed by atoms with E-state index in [9.17, 15) is 22.8 Å². The van der Waals surface area contributed by atoms with Crippen molar-refractivity contribution in [3.63, 3.8) is 0 Å². The van der Waals surface area contributed by atoms with Crippen LogP contribution in [0.4, 0.5) is 22.8 Å². The van der Waals surface area contributed by atoms with Crippen LogP contribution in [0.2, 0.25) is 0 Å². The molecule has 1 saturated heterocycles. The maximum atomic E-state index is 12.9. The number of likely N-dealkylation sites (tertiary alicyclic amines) is 1. The van der Waals surface area contributed by atoms with Gasteiger partial charge in [-0.1, -0.05) is 18.2 Å². The normalized spacial score (nSPS) is 16.4. The molecule has 0 unspecified atom stereocenters. The van der Waals surface area contributed by atoms with Gasteiger partial charge in [-0.15, -0.1) is 13.2 Å². The van der Waals surface area contributed by atoms with E-state index in [0.29, 0.717) is 0 Å². The summed E-state index contributed by atoms with van der Waals surface area (Å²) in [5, 5.41) is 2.62. The Bertz CT molecular complexity index is 791. The molecule has 2 amide bonds. The molecule has 0 saturated carbocycles. The molecule has 1 aromatic rings. The van der Waals surface area contributed by atoms with Crippen LogP contribution in [0.5, 0.6) is 5.75 Å². The molecule has 1 N–H and O–H groups in total. The summed E-state index contributed by atoms with van der Waals surface area (Å²) in [4.78, 5) is 26.0. The lowest BCUT2D eigenvalue weighted by Gasteiger charge is -2.50. The van der Waals surface area contributed by atoms with Crippen LogP contribution in [0.15, 0.2) is 24.3 Å². The third kappa shape index (κ3) is 6.43. The van der Waals surface area contributed by atoms with Gasteiger partial charge in [-0.25, -0.2) is 9.59 Å². The van der Waals surface area contributed by atoms with Gasteiger partial charge in [-0.05, 0) is 47.6 Å². The first-order valence-electron chi connectivity index (χ1n) is 9.34. The van der Waals surface area contributed by atoms with E-state index < -0.39 is 41.0 Å². The van der Waals surface area contributed by atoms with E-state index in [-0.39, 0.29) is 18.7 Å². The highest BCUT2D eigenvalue weighted by Crippen LogP contribution is 2.40. The third-order valence-corrected chi connectivity index (χ3v) is 3.94. The Kier molecular flexibility index (Phi) is 6.21. The molecule has 2 rings (SSSR count). The first kappa shape index (κ1) is 23.6. The molecule has 0 bridgehead atoms. The predicted molar refractivity (Wildman–Crippen MR) is 102 cm³/mol. The minimum Gasteiger partial charge on any atom is -0.444 e. The molecule has 1 aliphatic heterocycles. The number of nitrogens with zero attached hydrogens (tertiary/aromatic N) is 1. The van der Waals surface area contributed by atoms with Crippen molar-refractivity contribution in [2.24, 2.45) is 0 Å². The summed E-state index contributed by atoms with van der Waals surface area (Å²) < 4.78 is 53.4. The van der Waals surface area contributed by atoms with E-state index in [4.69, 9.17) is 9.47 Å². The van der Waals surface area contributed by atoms with Crippen LogP contribution >= 0.6 is 0 Å². The molecule has 1 fully saturated rings. The predicted octanol–water partition coefficient (Wildman–Crippen LogP) is 4.56. The number of alkyl carbamates (subject to hydrolysis) is 1. The van der Waals surface area contributed by atoms with Crippen molar-refractivity contribution in [1.29, 1.82) is 0 Å². The monoisotopic (exact) mass is 432 g/mol. The SMILES string of the molecule is CC(C)(C)OC(=O)NC1(c2ccccc2OC(F)(F)F)CN(C(=O)OC(C)(C)C)C1. The lowest BCUT2D eigenvalue weighted by Crippen LogP contribution is -2.69. The number of nitrogens with one attached hydrogen (secondary N) is 1. The number of benzene rings is 1. The molecule has 1 aromatic carbocycles. The van der Waals surface area contributed by atoms with Crippen molar-refractivity contribution in [3.8, 4) is 5.75 Å². The van der Waals surface area contributed by atoms with Crippen LogP contribution in [0, 0.1) is 0 Å². The number of carbonyl (C=O) groups excluding carboxylic acids is 2. The molecule has 0 aliphatic carbocycles. The van der Waals surface area contributed by atoms with Gasteiger partial charge in [0.1, 0.15) is 22.5 Å². The van der Waals surface area contributed by atoms with Crippen molar-refractivity contribution >= 4 is 12.2 Å². The summed E-state index contributed by atoms with van der Waals surface area (Å²) in [5.74, 6) is -0.468. The molecule has 10 heteroatoms. The number of para-hydroxylation sites is 1. The summed E-state index contributed by atoms with van der Waals surface area (Å²) in [6, 6.07) is 5.46. The van der Waals surface area contributed by atoms with Gasteiger partial charge in [0, 0.05) is 5.56 Å². The summed E-state index contributed by atoms with van der Waals surface area (Å²) >= 11 is 0. The fourth-order valence-corrected chi connectivity index (χ4v) is 2.95. The Balaban J connectivity index is 2.33. The second kappa shape index (κ2) is 7.88. The van der Waals surface area contributed by atoms with Gasteiger partial charge in [0.25, 0.3) is 0 Å². The molecule has 1 heterocycles. The van der Waals surface area contributed by atoms with Crippen LogP contribution in [0.25, 0.3) is 0 Å². The van der Waals surface area contributed by atoms with Crippen molar-refractivity contribution in [2.75, 3.05) is 13.1 Å². The van der Waals surface area contributed by atoms with E-state index in [1.54, 1.807) is 41.5 Å². The lowest BCUT2D eigenvalue weighted by molar-refractivity contribution is -0.275. The van der Waals surface area contributed by atoms with Crippen LogP contribution < -0.4 is 10.1 Å². The van der Waals surface area contributed by atoms with Gasteiger partial charge in [-0.3, -0.25) is 0 Å². The van der Waals surface area contributed by atoms with Crippen molar-refractivity contribution in [3.05, 3.63) is 29.8 Å². The van der Waals surface area contributed by atoms with Gasteiger partial charge in [0.2, 0.25) is 0 Å². The van der Waals surface area contributed by atoms with Crippen molar-refractivity contribution < 1.29 is 37.0 Å². The molecular weight excluding hydrogens is 405 g/mol. The molecule has 7 nitrogen and oxygen atoms in total. The van der Waals surface area contributed by atoms with Crippen LogP contribution in [-0.2, 0) is 15.0 Å². The van der Waals surface area contributed by atoms with E-state index in [1.165, 1.54) is 23.1 Å². The summed E-state index contributed by atoms with van der Waals surface area (Å²) in [7, 11) is 0. The topological polar surface area (TPSA) is 77.1 Å². The standard InChI is InChI=1S/C20H27F3N2O5/c1-17(2,3)29-15(26)24-19(11-25(12-19)16(27)30-18(4,5)6)13-9-7-8-10-14(13)28-20(21,22)23/h7-10H,11-12H2,1-6H3,(H,24,26). The first-order valence-corrected chi connectivity index (χ1v) is 9.34. The van der Waals surface area contributed by atoms with Crippen LogP contribution in [0.3, 0.4) is 0 Å². The van der Waals surface area contributed by atoms with E-state index in [1.807, 2.05) is 0 Å². The zero-order valence-electron chi connectivity index (χ0n) is 17.8. The fraction of sp³-hybridized carbons (Fsp3) is 0.600. The molecule has 0 spiro atoms. The fourth-order valence-electron chi connectivity index (χ4n) is 2.95. The van der Waals surface area contributed by atoms with Crippen LogP contribution in [0.1, 0.15) is 47.1 Å². The number of rotatable bonds is 3. The Morgan fingerprint density at radius 3 is 2.00 bits per heavy atom. The quantitative estimate of drug-likeness (QED) is 0.758. The Hall–Kier alpha value is -2.65. The zero-order valence-corrected chi connectivity index (χ0v) is 17.8. The molecule has 1 aliphatic rings. The minimum atomic E-state index is -4.92. The number of hydrogen-bond acceptors (Lipinski definition) is 5. The van der Waals surface area contributed by atoms with Gasteiger partial charge >= 0.3 is 18.5 Å². The zero-order chi connectivity index (χ0) is 23.0. The molecule has 0 aromatic heterocycles. The Morgan fingerprint density at radius 2 is 1.50 bits per heavy atom. The number of carbonyl (C=O) groups is 2. The first-order chi connectivity index (χ1) is 13.5. The van der Waals surface area contributed by atoms with E-state index in [0.717, 1.165) is 6.07 Å². The molecular formula is C20H27F3N2O5. The highest BCUT2D eigenvalue weighted by Gasteiger charge is 2.51. The van der Waals surface area contributed by atoms with Gasteiger partial charge < -0.3 is 24.4 Å². The molecule has 168 valence electrons.